The van der Waals surface area contributed by atoms with Crippen LogP contribution in [0.25, 0.3) is 0 Å². The Balaban J connectivity index is 1.94. The Morgan fingerprint density at radius 1 is 1.25 bits per heavy atom. The van der Waals surface area contributed by atoms with Crippen molar-refractivity contribution in [2.24, 2.45) is 0 Å². The molecule has 1 saturated heterocycles. The van der Waals surface area contributed by atoms with Crippen LogP contribution in [0.15, 0.2) is 24.3 Å². The second-order valence-electron chi connectivity index (χ2n) is 7.27. The molecule has 1 amide bonds. The van der Waals surface area contributed by atoms with Gasteiger partial charge >= 0.3 is 6.09 Å². The summed E-state index contributed by atoms with van der Waals surface area (Å²) in [6.07, 6.45) is -0.0698. The highest BCUT2D eigenvalue weighted by Crippen LogP contribution is 2.28. The van der Waals surface area contributed by atoms with E-state index < -0.39 is 28.9 Å². The van der Waals surface area contributed by atoms with Crippen LogP contribution in [0.5, 0.6) is 0 Å². The number of piperidine rings is 1. The minimum Gasteiger partial charge on any atom is -0.444 e. The van der Waals surface area contributed by atoms with Crippen LogP contribution < -0.4 is 0 Å². The molecule has 1 aliphatic rings. The van der Waals surface area contributed by atoms with Gasteiger partial charge in [-0.2, -0.15) is 0 Å². The van der Waals surface area contributed by atoms with Gasteiger partial charge in [-0.05, 0) is 45.7 Å². The predicted octanol–water partition coefficient (Wildman–Crippen LogP) is 3.16. The number of ketones is 1. The van der Waals surface area contributed by atoms with Crippen LogP contribution in [-0.4, -0.2) is 46.2 Å². The lowest BCUT2D eigenvalue weighted by Crippen LogP contribution is -2.48. The van der Waals surface area contributed by atoms with Crippen molar-refractivity contribution in [2.45, 2.75) is 51.2 Å². The van der Waals surface area contributed by atoms with Crippen molar-refractivity contribution < 1.29 is 23.8 Å². The molecule has 1 aromatic rings. The number of rotatable bonds is 3. The first-order valence-corrected chi connectivity index (χ1v) is 8.08. The summed E-state index contributed by atoms with van der Waals surface area (Å²) in [6.45, 7) is 5.97. The Kier molecular flexibility index (Phi) is 5.28. The largest absolute Gasteiger partial charge is 0.444 e. The zero-order valence-electron chi connectivity index (χ0n) is 14.3. The van der Waals surface area contributed by atoms with E-state index in [1.807, 2.05) is 0 Å². The summed E-state index contributed by atoms with van der Waals surface area (Å²) in [4.78, 5) is 25.8. The SMILES string of the molecule is CC(C)(C)OC(=O)N1CCC(O)(CC(=O)c2ccccc2F)CC1. The van der Waals surface area contributed by atoms with E-state index in [1.54, 1.807) is 26.8 Å². The van der Waals surface area contributed by atoms with E-state index in [4.69, 9.17) is 4.74 Å². The second kappa shape index (κ2) is 6.89. The number of aliphatic hydroxyl groups is 1. The summed E-state index contributed by atoms with van der Waals surface area (Å²) in [5, 5.41) is 10.6. The number of hydrogen-bond donors (Lipinski definition) is 1. The number of Topliss-reactive ketones (excluding diaryl/α,β-unsaturated/α-hetero) is 1. The average Bonchev–Trinajstić information content (AvgIpc) is 2.46. The molecule has 0 saturated carbocycles. The first-order valence-electron chi connectivity index (χ1n) is 8.08. The number of amides is 1. The van der Waals surface area contributed by atoms with Gasteiger partial charge in [0.1, 0.15) is 11.4 Å². The van der Waals surface area contributed by atoms with Crippen molar-refractivity contribution in [3.63, 3.8) is 0 Å². The van der Waals surface area contributed by atoms with Gasteiger partial charge in [0, 0.05) is 19.5 Å². The first-order chi connectivity index (χ1) is 11.1. The van der Waals surface area contributed by atoms with Crippen molar-refractivity contribution in [1.29, 1.82) is 0 Å². The normalized spacial score (nSPS) is 17.5. The molecule has 0 bridgehead atoms. The molecule has 1 aromatic carbocycles. The highest BCUT2D eigenvalue weighted by Gasteiger charge is 2.37. The Labute approximate surface area is 141 Å². The summed E-state index contributed by atoms with van der Waals surface area (Å²) < 4.78 is 19.0. The third-order valence-electron chi connectivity index (χ3n) is 4.01. The quantitative estimate of drug-likeness (QED) is 0.861. The minimum atomic E-state index is -1.22. The Morgan fingerprint density at radius 2 is 1.83 bits per heavy atom. The first kappa shape index (κ1) is 18.4. The van der Waals surface area contributed by atoms with Gasteiger partial charge in [-0.3, -0.25) is 4.79 Å². The lowest BCUT2D eigenvalue weighted by atomic mass is 9.85. The van der Waals surface area contributed by atoms with Crippen molar-refractivity contribution in [1.82, 2.24) is 4.90 Å². The van der Waals surface area contributed by atoms with Gasteiger partial charge in [0.05, 0.1) is 11.2 Å². The fraction of sp³-hybridized carbons (Fsp3) is 0.556. The number of nitrogens with zero attached hydrogens (tertiary/aromatic N) is 1. The van der Waals surface area contributed by atoms with Crippen molar-refractivity contribution in [2.75, 3.05) is 13.1 Å². The van der Waals surface area contributed by atoms with Crippen LogP contribution in [0.1, 0.15) is 50.4 Å². The van der Waals surface area contributed by atoms with Gasteiger partial charge in [0.15, 0.2) is 5.78 Å². The molecular weight excluding hydrogens is 313 g/mol. The lowest BCUT2D eigenvalue weighted by molar-refractivity contribution is -0.0322. The molecule has 0 spiro atoms. The zero-order valence-corrected chi connectivity index (χ0v) is 14.3. The Hall–Kier alpha value is -1.95. The zero-order chi connectivity index (χ0) is 18.0. The van der Waals surface area contributed by atoms with Crippen molar-refractivity contribution in [3.8, 4) is 0 Å². The monoisotopic (exact) mass is 337 g/mol. The molecule has 0 aliphatic carbocycles. The minimum absolute atomic E-state index is 0.0134. The van der Waals surface area contributed by atoms with Gasteiger partial charge < -0.3 is 14.7 Å². The van der Waals surface area contributed by atoms with Crippen molar-refractivity contribution in [3.05, 3.63) is 35.6 Å². The number of ether oxygens (including phenoxy) is 1. The van der Waals surface area contributed by atoms with Gasteiger partial charge in [0.25, 0.3) is 0 Å². The highest BCUT2D eigenvalue weighted by atomic mass is 19.1. The molecule has 1 heterocycles. The van der Waals surface area contributed by atoms with E-state index in [0.29, 0.717) is 13.1 Å². The standard InChI is InChI=1S/C18H24FNO4/c1-17(2,3)24-16(22)20-10-8-18(23,9-11-20)12-15(21)13-6-4-5-7-14(13)19/h4-7,23H,8-12H2,1-3H3. The third-order valence-corrected chi connectivity index (χ3v) is 4.01. The van der Waals surface area contributed by atoms with Gasteiger partial charge in [-0.25, -0.2) is 9.18 Å². The van der Waals surface area contributed by atoms with Crippen LogP contribution in [-0.2, 0) is 4.74 Å². The van der Waals surface area contributed by atoms with Crippen molar-refractivity contribution >= 4 is 11.9 Å². The van der Waals surface area contributed by atoms with E-state index >= 15 is 0 Å². The lowest BCUT2D eigenvalue weighted by Gasteiger charge is -2.38. The average molecular weight is 337 g/mol. The Morgan fingerprint density at radius 3 is 2.38 bits per heavy atom. The number of likely N-dealkylation sites (tertiary alicyclic amines) is 1. The Bertz CT molecular complexity index is 616. The number of benzene rings is 1. The maximum atomic E-state index is 13.7. The van der Waals surface area contributed by atoms with Gasteiger partial charge in [-0.15, -0.1) is 0 Å². The number of hydrogen-bond acceptors (Lipinski definition) is 4. The summed E-state index contributed by atoms with van der Waals surface area (Å²) in [6, 6.07) is 5.74. The molecular formula is C18H24FNO4. The maximum absolute atomic E-state index is 13.7. The van der Waals surface area contributed by atoms with Crippen LogP contribution in [0.3, 0.4) is 0 Å². The number of carbonyl (C=O) groups is 2. The summed E-state index contributed by atoms with van der Waals surface area (Å²) in [5.74, 6) is -1.02. The molecule has 5 nitrogen and oxygen atoms in total. The van der Waals surface area contributed by atoms with Crippen LogP contribution in [0.4, 0.5) is 9.18 Å². The molecule has 1 N–H and O–H groups in total. The van der Waals surface area contributed by atoms with E-state index in [-0.39, 0.29) is 24.8 Å². The van der Waals surface area contributed by atoms with Gasteiger partial charge in [-0.1, -0.05) is 12.1 Å². The molecule has 0 aromatic heterocycles. The molecule has 0 radical (unpaired) electrons. The van der Waals surface area contributed by atoms with E-state index in [1.165, 1.54) is 23.1 Å². The fourth-order valence-corrected chi connectivity index (χ4v) is 2.69. The van der Waals surface area contributed by atoms with Gasteiger partial charge in [0.2, 0.25) is 0 Å². The molecule has 0 atom stereocenters. The molecule has 24 heavy (non-hydrogen) atoms. The molecule has 1 fully saturated rings. The van der Waals surface area contributed by atoms with Crippen LogP contribution >= 0.6 is 0 Å². The third kappa shape index (κ3) is 4.77. The smallest absolute Gasteiger partial charge is 0.410 e. The van der Waals surface area contributed by atoms with E-state index in [2.05, 4.69) is 0 Å². The number of halogens is 1. The second-order valence-corrected chi connectivity index (χ2v) is 7.27. The summed E-state index contributed by atoms with van der Waals surface area (Å²) in [7, 11) is 0. The molecule has 6 heteroatoms. The topological polar surface area (TPSA) is 66.8 Å². The highest BCUT2D eigenvalue weighted by molar-refractivity contribution is 5.96. The van der Waals surface area contributed by atoms with E-state index in [0.717, 1.165) is 0 Å². The van der Waals surface area contributed by atoms with Crippen LogP contribution in [0.2, 0.25) is 0 Å². The molecule has 1 aliphatic heterocycles. The molecule has 2 rings (SSSR count). The molecule has 0 unspecified atom stereocenters. The fourth-order valence-electron chi connectivity index (χ4n) is 2.69. The van der Waals surface area contributed by atoms with E-state index in [9.17, 15) is 19.1 Å². The summed E-state index contributed by atoms with van der Waals surface area (Å²) >= 11 is 0. The van der Waals surface area contributed by atoms with Crippen LogP contribution in [0, 0.1) is 5.82 Å². The maximum Gasteiger partial charge on any atom is 0.410 e. The molecule has 132 valence electrons. The number of carbonyl (C=O) groups excluding carboxylic acids is 2. The predicted molar refractivity (Wildman–Crippen MR) is 87.3 cm³/mol. The summed E-state index contributed by atoms with van der Waals surface area (Å²) in [5.41, 5.74) is -1.82.